The van der Waals surface area contributed by atoms with Crippen molar-refractivity contribution < 1.29 is 19.1 Å². The van der Waals surface area contributed by atoms with Crippen molar-refractivity contribution in [1.82, 2.24) is 4.90 Å². The molecule has 0 aliphatic rings. The van der Waals surface area contributed by atoms with Gasteiger partial charge in [-0.1, -0.05) is 30.3 Å². The first-order chi connectivity index (χ1) is 13.0. The van der Waals surface area contributed by atoms with Crippen LogP contribution in [0.1, 0.15) is 25.0 Å². The number of carbonyl (C=O) groups is 2. The molecular weight excluding hydrogens is 344 g/mol. The van der Waals surface area contributed by atoms with Crippen molar-refractivity contribution in [3.63, 3.8) is 0 Å². The summed E-state index contributed by atoms with van der Waals surface area (Å²) in [5.74, 6) is -0.443. The Morgan fingerprint density at radius 3 is 2.30 bits per heavy atom. The van der Waals surface area contributed by atoms with Gasteiger partial charge in [-0.3, -0.25) is 4.79 Å². The molecule has 0 fully saturated rings. The normalized spacial score (nSPS) is 10.1. The van der Waals surface area contributed by atoms with Crippen LogP contribution in [0.2, 0.25) is 0 Å². The van der Waals surface area contributed by atoms with Crippen molar-refractivity contribution in [2.75, 3.05) is 13.2 Å². The van der Waals surface area contributed by atoms with E-state index < -0.39 is 5.97 Å². The average molecular weight is 366 g/mol. The molecule has 6 heteroatoms. The Balaban J connectivity index is 1.81. The lowest BCUT2D eigenvalue weighted by molar-refractivity contribution is -0.154. The summed E-state index contributed by atoms with van der Waals surface area (Å²) in [5, 5.41) is 8.74. The van der Waals surface area contributed by atoms with Gasteiger partial charge in [-0.25, -0.2) is 4.79 Å². The molecule has 0 atom stereocenters. The van der Waals surface area contributed by atoms with Crippen molar-refractivity contribution in [3.8, 4) is 11.8 Å². The van der Waals surface area contributed by atoms with Gasteiger partial charge in [0.25, 0.3) is 5.91 Å². The van der Waals surface area contributed by atoms with E-state index in [1.54, 1.807) is 29.2 Å². The Bertz CT molecular complexity index is 795. The lowest BCUT2D eigenvalue weighted by Crippen LogP contribution is -2.39. The molecule has 0 aromatic heterocycles. The number of nitrogens with zero attached hydrogens (tertiary/aromatic N) is 2. The number of amides is 1. The maximum absolute atomic E-state index is 12.4. The van der Waals surface area contributed by atoms with E-state index in [9.17, 15) is 9.59 Å². The molecular formula is C21H22N2O4. The van der Waals surface area contributed by atoms with E-state index in [-0.39, 0.29) is 25.2 Å². The summed E-state index contributed by atoms with van der Waals surface area (Å²) < 4.78 is 10.3. The number of hydrogen-bond donors (Lipinski definition) is 0. The van der Waals surface area contributed by atoms with Gasteiger partial charge in [-0.05, 0) is 43.7 Å². The molecule has 0 radical (unpaired) electrons. The molecule has 0 saturated heterocycles. The Hall–Kier alpha value is -3.33. The first kappa shape index (κ1) is 20.0. The lowest BCUT2D eigenvalue weighted by atomic mass is 10.2. The zero-order chi connectivity index (χ0) is 19.6. The second-order valence-corrected chi connectivity index (χ2v) is 6.19. The highest BCUT2D eigenvalue weighted by Gasteiger charge is 2.19. The van der Waals surface area contributed by atoms with E-state index in [0.717, 1.165) is 5.56 Å². The Labute approximate surface area is 158 Å². The van der Waals surface area contributed by atoms with Crippen LogP contribution in [0.3, 0.4) is 0 Å². The third kappa shape index (κ3) is 6.48. The molecule has 2 aromatic carbocycles. The Morgan fingerprint density at radius 2 is 1.70 bits per heavy atom. The molecule has 27 heavy (non-hydrogen) atoms. The molecule has 0 aliphatic carbocycles. The number of hydrogen-bond acceptors (Lipinski definition) is 5. The maximum Gasteiger partial charge on any atom is 0.344 e. The largest absolute Gasteiger partial charge is 0.482 e. The quantitative estimate of drug-likeness (QED) is 0.671. The fourth-order valence-electron chi connectivity index (χ4n) is 2.37. The summed E-state index contributed by atoms with van der Waals surface area (Å²) in [6.07, 6.45) is 0. The molecule has 6 nitrogen and oxygen atoms in total. The smallest absolute Gasteiger partial charge is 0.344 e. The summed E-state index contributed by atoms with van der Waals surface area (Å²) in [6.45, 7) is 3.64. The van der Waals surface area contributed by atoms with Crippen LogP contribution in [0.15, 0.2) is 54.6 Å². The van der Waals surface area contributed by atoms with E-state index in [1.165, 1.54) is 0 Å². The first-order valence-electron chi connectivity index (χ1n) is 8.61. The molecule has 0 aliphatic heterocycles. The molecule has 0 bridgehead atoms. The third-order valence-electron chi connectivity index (χ3n) is 3.84. The zero-order valence-corrected chi connectivity index (χ0v) is 15.4. The number of esters is 1. The van der Waals surface area contributed by atoms with Crippen LogP contribution in [0, 0.1) is 11.3 Å². The van der Waals surface area contributed by atoms with Gasteiger partial charge in [0, 0.05) is 12.6 Å². The monoisotopic (exact) mass is 366 g/mol. The van der Waals surface area contributed by atoms with E-state index in [1.807, 2.05) is 50.2 Å². The van der Waals surface area contributed by atoms with Crippen molar-refractivity contribution in [1.29, 1.82) is 5.26 Å². The predicted molar refractivity (Wildman–Crippen MR) is 99.7 cm³/mol. The number of carbonyl (C=O) groups excluding carboxylic acids is 2. The minimum absolute atomic E-state index is 0.0219. The van der Waals surface area contributed by atoms with Gasteiger partial charge >= 0.3 is 5.97 Å². The molecule has 0 heterocycles. The van der Waals surface area contributed by atoms with Crippen LogP contribution >= 0.6 is 0 Å². The molecule has 2 rings (SSSR count). The SMILES string of the molecule is CC(C)N(Cc1ccccc1)C(=O)COC(=O)COc1ccc(C#N)cc1. The fourth-order valence-corrected chi connectivity index (χ4v) is 2.37. The van der Waals surface area contributed by atoms with Gasteiger partial charge in [-0.15, -0.1) is 0 Å². The van der Waals surface area contributed by atoms with Gasteiger partial charge in [0.2, 0.25) is 0 Å². The minimum Gasteiger partial charge on any atom is -0.482 e. The highest BCUT2D eigenvalue weighted by Crippen LogP contribution is 2.12. The van der Waals surface area contributed by atoms with Crippen LogP contribution in [0.25, 0.3) is 0 Å². The zero-order valence-electron chi connectivity index (χ0n) is 15.4. The molecule has 0 spiro atoms. The highest BCUT2D eigenvalue weighted by atomic mass is 16.6. The summed E-state index contributed by atoms with van der Waals surface area (Å²) in [7, 11) is 0. The van der Waals surface area contributed by atoms with Gasteiger partial charge in [-0.2, -0.15) is 5.26 Å². The molecule has 140 valence electrons. The lowest BCUT2D eigenvalue weighted by Gasteiger charge is -2.26. The number of benzene rings is 2. The standard InChI is InChI=1S/C21H22N2O4/c1-16(2)23(13-18-6-4-3-5-7-18)20(24)14-27-21(25)15-26-19-10-8-17(12-22)9-11-19/h3-11,16H,13-15H2,1-2H3. The fraction of sp³-hybridized carbons (Fsp3) is 0.286. The van der Waals surface area contributed by atoms with Gasteiger partial charge in [0.15, 0.2) is 13.2 Å². The summed E-state index contributed by atoms with van der Waals surface area (Å²) >= 11 is 0. The van der Waals surface area contributed by atoms with Crippen LogP contribution < -0.4 is 4.74 Å². The average Bonchev–Trinajstić information content (AvgIpc) is 2.69. The van der Waals surface area contributed by atoms with E-state index in [4.69, 9.17) is 14.7 Å². The van der Waals surface area contributed by atoms with Gasteiger partial charge < -0.3 is 14.4 Å². The summed E-state index contributed by atoms with van der Waals surface area (Å²) in [5.41, 5.74) is 1.51. The molecule has 2 aromatic rings. The minimum atomic E-state index is -0.629. The molecule has 0 unspecified atom stereocenters. The second-order valence-electron chi connectivity index (χ2n) is 6.19. The Morgan fingerprint density at radius 1 is 1.04 bits per heavy atom. The van der Waals surface area contributed by atoms with Gasteiger partial charge in [0.05, 0.1) is 11.6 Å². The third-order valence-corrected chi connectivity index (χ3v) is 3.84. The van der Waals surface area contributed by atoms with Crippen molar-refractivity contribution in [3.05, 3.63) is 65.7 Å². The van der Waals surface area contributed by atoms with Crippen LogP contribution in [0.4, 0.5) is 0 Å². The summed E-state index contributed by atoms with van der Waals surface area (Å²) in [4.78, 5) is 25.9. The van der Waals surface area contributed by atoms with E-state index in [0.29, 0.717) is 17.9 Å². The number of nitriles is 1. The predicted octanol–water partition coefficient (Wildman–Crippen LogP) is 2.92. The first-order valence-corrected chi connectivity index (χ1v) is 8.61. The second kappa shape index (κ2) is 9.97. The number of rotatable bonds is 8. The van der Waals surface area contributed by atoms with Crippen LogP contribution in [0.5, 0.6) is 5.75 Å². The van der Waals surface area contributed by atoms with E-state index >= 15 is 0 Å². The van der Waals surface area contributed by atoms with Crippen molar-refractivity contribution >= 4 is 11.9 Å². The highest BCUT2D eigenvalue weighted by molar-refractivity contribution is 5.81. The molecule has 0 N–H and O–H groups in total. The molecule has 1 amide bonds. The number of ether oxygens (including phenoxy) is 2. The van der Waals surface area contributed by atoms with Crippen molar-refractivity contribution in [2.45, 2.75) is 26.4 Å². The maximum atomic E-state index is 12.4. The van der Waals surface area contributed by atoms with E-state index in [2.05, 4.69) is 0 Å². The van der Waals surface area contributed by atoms with Crippen molar-refractivity contribution in [2.24, 2.45) is 0 Å². The summed E-state index contributed by atoms with van der Waals surface area (Å²) in [6, 6.07) is 18.0. The van der Waals surface area contributed by atoms with Gasteiger partial charge in [0.1, 0.15) is 5.75 Å². The van der Waals surface area contributed by atoms with Crippen LogP contribution in [-0.2, 0) is 20.9 Å². The Kier molecular flexibility index (Phi) is 7.38. The molecule has 0 saturated carbocycles. The van der Waals surface area contributed by atoms with Crippen LogP contribution in [-0.4, -0.2) is 36.0 Å². The topological polar surface area (TPSA) is 79.6 Å².